The van der Waals surface area contributed by atoms with Crippen LogP contribution in [0.1, 0.15) is 30.4 Å². The van der Waals surface area contributed by atoms with Gasteiger partial charge in [0.25, 0.3) is 0 Å². The molecule has 0 bridgehead atoms. The van der Waals surface area contributed by atoms with E-state index >= 15 is 0 Å². The highest BCUT2D eigenvalue weighted by Crippen LogP contribution is 2.14. The number of likely N-dealkylation sites (tertiary alicyclic amines) is 1. The highest BCUT2D eigenvalue weighted by molar-refractivity contribution is 5.79. The number of hydrogen-bond acceptors (Lipinski definition) is 1. The number of carbonyl (C=O) groups excluding carboxylic acids is 1. The van der Waals surface area contributed by atoms with Gasteiger partial charge in [0, 0.05) is 13.1 Å². The molecule has 1 amide bonds. The summed E-state index contributed by atoms with van der Waals surface area (Å²) in [6.07, 6.45) is 5.22. The van der Waals surface area contributed by atoms with Gasteiger partial charge >= 0.3 is 0 Å². The van der Waals surface area contributed by atoms with Crippen LogP contribution in [0.3, 0.4) is 0 Å². The van der Waals surface area contributed by atoms with E-state index < -0.39 is 0 Å². The van der Waals surface area contributed by atoms with Crippen molar-refractivity contribution in [1.82, 2.24) is 4.90 Å². The average molecular weight is 247 g/mol. The van der Waals surface area contributed by atoms with Crippen molar-refractivity contribution >= 4 is 12.0 Å². The fraction of sp³-hybridized carbons (Fsp3) is 0.400. The number of hydrogen-bond donors (Lipinski definition) is 0. The minimum Gasteiger partial charge on any atom is -0.342 e. The molecule has 0 unspecified atom stereocenters. The molecule has 0 aliphatic carbocycles. The molecule has 0 atom stereocenters. The van der Waals surface area contributed by atoms with E-state index in [1.165, 1.54) is 18.6 Å². The summed E-state index contributed by atoms with van der Waals surface area (Å²) in [6, 6.07) is 4.66. The van der Waals surface area contributed by atoms with Crippen molar-refractivity contribution in [2.75, 3.05) is 13.1 Å². The molecule has 0 saturated carbocycles. The largest absolute Gasteiger partial charge is 0.342 e. The Morgan fingerprint density at radius 2 is 2.00 bits per heavy atom. The van der Waals surface area contributed by atoms with E-state index in [1.807, 2.05) is 11.0 Å². The van der Waals surface area contributed by atoms with Gasteiger partial charge in [0.1, 0.15) is 5.82 Å². The van der Waals surface area contributed by atoms with Crippen LogP contribution in [0.25, 0.3) is 6.08 Å². The lowest BCUT2D eigenvalue weighted by molar-refractivity contribution is -0.131. The van der Waals surface area contributed by atoms with Crippen LogP contribution >= 0.6 is 0 Å². The van der Waals surface area contributed by atoms with Crippen molar-refractivity contribution in [2.24, 2.45) is 0 Å². The lowest BCUT2D eigenvalue weighted by Crippen LogP contribution is -2.36. The molecule has 1 aliphatic rings. The minimum absolute atomic E-state index is 0.0929. The Morgan fingerprint density at radius 3 is 2.67 bits per heavy atom. The van der Waals surface area contributed by atoms with E-state index in [4.69, 9.17) is 0 Å². The van der Waals surface area contributed by atoms with E-state index in [2.05, 4.69) is 6.58 Å². The second-order valence-corrected chi connectivity index (χ2v) is 4.72. The Bertz CT molecular complexity index is 450. The van der Waals surface area contributed by atoms with Crippen LogP contribution in [-0.2, 0) is 11.2 Å². The number of nitrogens with zero attached hydrogens (tertiary/aromatic N) is 1. The lowest BCUT2D eigenvalue weighted by Gasteiger charge is -2.26. The summed E-state index contributed by atoms with van der Waals surface area (Å²) in [5, 5.41) is 0. The van der Waals surface area contributed by atoms with Gasteiger partial charge in [-0.15, -0.1) is 0 Å². The number of amides is 1. The van der Waals surface area contributed by atoms with Crippen LogP contribution in [0.15, 0.2) is 24.8 Å². The Balaban J connectivity index is 2.06. The molecule has 3 heteroatoms. The molecule has 1 aliphatic heterocycles. The van der Waals surface area contributed by atoms with Crippen molar-refractivity contribution in [3.63, 3.8) is 0 Å². The van der Waals surface area contributed by atoms with Gasteiger partial charge in [-0.3, -0.25) is 4.79 Å². The highest BCUT2D eigenvalue weighted by atomic mass is 19.1. The molecule has 0 aromatic heterocycles. The van der Waals surface area contributed by atoms with Gasteiger partial charge in [-0.1, -0.05) is 18.7 Å². The molecule has 96 valence electrons. The fourth-order valence-corrected chi connectivity index (χ4v) is 2.33. The summed E-state index contributed by atoms with van der Waals surface area (Å²) in [6.45, 7) is 5.29. The SMILES string of the molecule is C=Cc1cc(F)cc(CC(=O)N2CCCCC2)c1. The molecule has 0 spiro atoms. The van der Waals surface area contributed by atoms with Crippen LogP contribution in [0.4, 0.5) is 4.39 Å². The van der Waals surface area contributed by atoms with Crippen LogP contribution in [0.2, 0.25) is 0 Å². The Kier molecular flexibility index (Phi) is 4.13. The molecular formula is C15H18FNO. The van der Waals surface area contributed by atoms with Crippen molar-refractivity contribution in [3.8, 4) is 0 Å². The van der Waals surface area contributed by atoms with Gasteiger partial charge in [0.2, 0.25) is 5.91 Å². The third-order valence-corrected chi connectivity index (χ3v) is 3.28. The van der Waals surface area contributed by atoms with Crippen LogP contribution in [0.5, 0.6) is 0 Å². The van der Waals surface area contributed by atoms with Crippen molar-refractivity contribution in [2.45, 2.75) is 25.7 Å². The summed E-state index contributed by atoms with van der Waals surface area (Å²) in [4.78, 5) is 13.9. The first-order chi connectivity index (χ1) is 8.69. The molecule has 0 N–H and O–H groups in total. The Hall–Kier alpha value is -1.64. The molecule has 2 nitrogen and oxygen atoms in total. The van der Waals surface area contributed by atoms with E-state index in [0.717, 1.165) is 37.1 Å². The molecule has 1 saturated heterocycles. The first kappa shape index (κ1) is 12.8. The summed E-state index contributed by atoms with van der Waals surface area (Å²) in [7, 11) is 0. The van der Waals surface area contributed by atoms with Crippen molar-refractivity contribution in [3.05, 3.63) is 41.7 Å². The zero-order valence-corrected chi connectivity index (χ0v) is 10.5. The van der Waals surface area contributed by atoms with E-state index in [-0.39, 0.29) is 18.1 Å². The number of benzene rings is 1. The fourth-order valence-electron chi connectivity index (χ4n) is 2.33. The number of piperidine rings is 1. The second kappa shape index (κ2) is 5.80. The maximum absolute atomic E-state index is 13.3. The molecule has 1 aromatic rings. The van der Waals surface area contributed by atoms with Gasteiger partial charge < -0.3 is 4.90 Å². The minimum atomic E-state index is -0.311. The first-order valence-electron chi connectivity index (χ1n) is 6.39. The predicted octanol–water partition coefficient (Wildman–Crippen LogP) is 3.02. The third kappa shape index (κ3) is 3.19. The third-order valence-electron chi connectivity index (χ3n) is 3.28. The topological polar surface area (TPSA) is 20.3 Å². The quantitative estimate of drug-likeness (QED) is 0.804. The molecule has 0 radical (unpaired) electrons. The zero-order valence-electron chi connectivity index (χ0n) is 10.5. The molecule has 1 heterocycles. The summed E-state index contributed by atoms with van der Waals surface area (Å²) < 4.78 is 13.3. The first-order valence-corrected chi connectivity index (χ1v) is 6.39. The van der Waals surface area contributed by atoms with Gasteiger partial charge in [-0.25, -0.2) is 4.39 Å². The number of halogens is 1. The molecule has 1 aromatic carbocycles. The average Bonchev–Trinajstić information content (AvgIpc) is 2.39. The highest BCUT2D eigenvalue weighted by Gasteiger charge is 2.16. The van der Waals surface area contributed by atoms with E-state index in [9.17, 15) is 9.18 Å². The van der Waals surface area contributed by atoms with Gasteiger partial charge in [-0.2, -0.15) is 0 Å². The normalized spacial score (nSPS) is 15.5. The molecular weight excluding hydrogens is 229 g/mol. The molecule has 1 fully saturated rings. The predicted molar refractivity (Wildman–Crippen MR) is 70.6 cm³/mol. The van der Waals surface area contributed by atoms with Gasteiger partial charge in [-0.05, 0) is 42.5 Å². The van der Waals surface area contributed by atoms with Gasteiger partial charge in [0.15, 0.2) is 0 Å². The summed E-state index contributed by atoms with van der Waals surface area (Å²) in [5.74, 6) is -0.218. The summed E-state index contributed by atoms with van der Waals surface area (Å²) in [5.41, 5.74) is 1.44. The Morgan fingerprint density at radius 1 is 1.28 bits per heavy atom. The molecule has 2 rings (SSSR count). The van der Waals surface area contributed by atoms with Crippen LogP contribution in [0, 0.1) is 5.82 Å². The maximum atomic E-state index is 13.3. The Labute approximate surface area is 107 Å². The lowest BCUT2D eigenvalue weighted by atomic mass is 10.1. The van der Waals surface area contributed by atoms with Gasteiger partial charge in [0.05, 0.1) is 6.42 Å². The summed E-state index contributed by atoms with van der Waals surface area (Å²) >= 11 is 0. The van der Waals surface area contributed by atoms with Crippen molar-refractivity contribution in [1.29, 1.82) is 0 Å². The zero-order chi connectivity index (χ0) is 13.0. The van der Waals surface area contributed by atoms with Crippen molar-refractivity contribution < 1.29 is 9.18 Å². The van der Waals surface area contributed by atoms with Crippen LogP contribution < -0.4 is 0 Å². The second-order valence-electron chi connectivity index (χ2n) is 4.72. The van der Waals surface area contributed by atoms with Crippen LogP contribution in [-0.4, -0.2) is 23.9 Å². The smallest absolute Gasteiger partial charge is 0.226 e. The maximum Gasteiger partial charge on any atom is 0.226 e. The standard InChI is InChI=1S/C15H18FNO/c1-2-12-8-13(10-14(16)9-12)11-15(18)17-6-4-3-5-7-17/h2,8-10H,1,3-7,11H2. The monoisotopic (exact) mass is 247 g/mol. The number of carbonyl (C=O) groups is 1. The van der Waals surface area contributed by atoms with E-state index in [0.29, 0.717) is 0 Å². The molecule has 18 heavy (non-hydrogen) atoms. The van der Waals surface area contributed by atoms with E-state index in [1.54, 1.807) is 6.08 Å². The number of rotatable bonds is 3.